The van der Waals surface area contributed by atoms with E-state index in [4.69, 9.17) is 5.73 Å². The Hall–Kier alpha value is -0.420. The fourth-order valence-corrected chi connectivity index (χ4v) is 2.66. The summed E-state index contributed by atoms with van der Waals surface area (Å²) in [6, 6.07) is 4.43. The van der Waals surface area contributed by atoms with Crippen LogP contribution in [0.2, 0.25) is 0 Å². The average molecular weight is 225 g/mol. The van der Waals surface area contributed by atoms with Crippen LogP contribution in [-0.4, -0.2) is 37.6 Å². The summed E-state index contributed by atoms with van der Waals surface area (Å²) in [7, 11) is 0. The van der Waals surface area contributed by atoms with Crippen molar-refractivity contribution in [2.45, 2.75) is 12.5 Å². The Morgan fingerprint density at radius 3 is 2.93 bits per heavy atom. The first-order valence-corrected chi connectivity index (χ1v) is 6.46. The van der Waals surface area contributed by atoms with Crippen molar-refractivity contribution < 1.29 is 0 Å². The molecule has 2 heterocycles. The van der Waals surface area contributed by atoms with Crippen molar-refractivity contribution in [2.75, 3.05) is 32.7 Å². The molecule has 1 aromatic rings. The SMILES string of the molecule is NC(CCN1CCNCC1)c1cccs1. The molecule has 3 nitrogen and oxygen atoms in total. The Bertz CT molecular complexity index is 267. The number of hydrogen-bond donors (Lipinski definition) is 2. The Morgan fingerprint density at radius 2 is 2.27 bits per heavy atom. The van der Waals surface area contributed by atoms with Gasteiger partial charge in [-0.05, 0) is 17.9 Å². The van der Waals surface area contributed by atoms with Gasteiger partial charge in [0.1, 0.15) is 0 Å². The third-order valence-electron chi connectivity index (χ3n) is 2.87. The van der Waals surface area contributed by atoms with Gasteiger partial charge in [0.05, 0.1) is 0 Å². The minimum atomic E-state index is 0.222. The lowest BCUT2D eigenvalue weighted by Gasteiger charge is -2.27. The maximum atomic E-state index is 6.12. The van der Waals surface area contributed by atoms with Gasteiger partial charge in [0.15, 0.2) is 0 Å². The molecule has 3 N–H and O–H groups in total. The normalized spacial score (nSPS) is 20.3. The molecule has 1 fully saturated rings. The maximum Gasteiger partial charge on any atom is 0.0401 e. The fraction of sp³-hybridized carbons (Fsp3) is 0.636. The van der Waals surface area contributed by atoms with Gasteiger partial charge in [-0.3, -0.25) is 0 Å². The molecular formula is C11H19N3S. The largest absolute Gasteiger partial charge is 0.323 e. The second kappa shape index (κ2) is 5.61. The third-order valence-corrected chi connectivity index (χ3v) is 3.88. The van der Waals surface area contributed by atoms with E-state index in [2.05, 4.69) is 27.7 Å². The summed E-state index contributed by atoms with van der Waals surface area (Å²) in [5.41, 5.74) is 6.12. The minimum absolute atomic E-state index is 0.222. The van der Waals surface area contributed by atoms with Gasteiger partial charge in [-0.15, -0.1) is 11.3 Å². The van der Waals surface area contributed by atoms with E-state index in [9.17, 15) is 0 Å². The molecule has 1 aromatic heterocycles. The van der Waals surface area contributed by atoms with Crippen molar-refractivity contribution in [3.63, 3.8) is 0 Å². The molecule has 1 aliphatic rings. The number of piperazine rings is 1. The summed E-state index contributed by atoms with van der Waals surface area (Å²) in [6.07, 6.45) is 1.07. The van der Waals surface area contributed by atoms with Crippen LogP contribution in [0.4, 0.5) is 0 Å². The van der Waals surface area contributed by atoms with Gasteiger partial charge in [0.25, 0.3) is 0 Å². The van der Waals surface area contributed by atoms with Crippen LogP contribution in [0.3, 0.4) is 0 Å². The van der Waals surface area contributed by atoms with E-state index in [1.807, 2.05) is 0 Å². The van der Waals surface area contributed by atoms with Gasteiger partial charge >= 0.3 is 0 Å². The van der Waals surface area contributed by atoms with Gasteiger partial charge in [-0.25, -0.2) is 0 Å². The monoisotopic (exact) mass is 225 g/mol. The summed E-state index contributed by atoms with van der Waals surface area (Å²) < 4.78 is 0. The molecular weight excluding hydrogens is 206 g/mol. The van der Waals surface area contributed by atoms with Crippen LogP contribution in [-0.2, 0) is 0 Å². The summed E-state index contributed by atoms with van der Waals surface area (Å²) in [6.45, 7) is 5.69. The Kier molecular flexibility index (Phi) is 4.14. The molecule has 0 radical (unpaired) electrons. The number of nitrogens with one attached hydrogen (secondary N) is 1. The molecule has 0 aromatic carbocycles. The predicted octanol–water partition coefficient (Wildman–Crippen LogP) is 1.04. The van der Waals surface area contributed by atoms with E-state index in [1.165, 1.54) is 4.88 Å². The van der Waals surface area contributed by atoms with Gasteiger partial charge in [0, 0.05) is 43.6 Å². The zero-order chi connectivity index (χ0) is 10.5. The lowest BCUT2D eigenvalue weighted by atomic mass is 10.1. The zero-order valence-corrected chi connectivity index (χ0v) is 9.80. The Labute approximate surface area is 95.3 Å². The second-order valence-electron chi connectivity index (χ2n) is 4.00. The van der Waals surface area contributed by atoms with Crippen LogP contribution < -0.4 is 11.1 Å². The van der Waals surface area contributed by atoms with Gasteiger partial charge in [0.2, 0.25) is 0 Å². The van der Waals surface area contributed by atoms with E-state index in [1.54, 1.807) is 11.3 Å². The van der Waals surface area contributed by atoms with Crippen molar-refractivity contribution in [3.8, 4) is 0 Å². The van der Waals surface area contributed by atoms with Crippen LogP contribution in [0.25, 0.3) is 0 Å². The first kappa shape index (κ1) is 11.1. The minimum Gasteiger partial charge on any atom is -0.323 e. The van der Waals surface area contributed by atoms with Crippen molar-refractivity contribution in [1.82, 2.24) is 10.2 Å². The molecule has 1 saturated heterocycles. The van der Waals surface area contributed by atoms with E-state index < -0.39 is 0 Å². The summed E-state index contributed by atoms with van der Waals surface area (Å²) in [5, 5.41) is 5.46. The molecule has 0 bridgehead atoms. The molecule has 84 valence electrons. The molecule has 1 aliphatic heterocycles. The number of rotatable bonds is 4. The van der Waals surface area contributed by atoms with Crippen molar-refractivity contribution in [2.24, 2.45) is 5.73 Å². The highest BCUT2D eigenvalue weighted by Gasteiger charge is 2.12. The molecule has 0 saturated carbocycles. The Balaban J connectivity index is 1.73. The number of thiophene rings is 1. The topological polar surface area (TPSA) is 41.3 Å². The number of hydrogen-bond acceptors (Lipinski definition) is 4. The molecule has 1 unspecified atom stereocenters. The molecule has 15 heavy (non-hydrogen) atoms. The Morgan fingerprint density at radius 1 is 1.47 bits per heavy atom. The quantitative estimate of drug-likeness (QED) is 0.804. The average Bonchev–Trinajstić information content (AvgIpc) is 2.81. The summed E-state index contributed by atoms with van der Waals surface area (Å²) in [5.74, 6) is 0. The van der Waals surface area contributed by atoms with E-state index in [0.717, 1.165) is 39.1 Å². The van der Waals surface area contributed by atoms with E-state index in [-0.39, 0.29) is 6.04 Å². The predicted molar refractivity (Wildman–Crippen MR) is 65.2 cm³/mol. The highest BCUT2D eigenvalue weighted by Crippen LogP contribution is 2.19. The van der Waals surface area contributed by atoms with Crippen molar-refractivity contribution >= 4 is 11.3 Å². The fourth-order valence-electron chi connectivity index (χ4n) is 1.90. The zero-order valence-electron chi connectivity index (χ0n) is 8.98. The second-order valence-corrected chi connectivity index (χ2v) is 4.98. The molecule has 2 rings (SSSR count). The molecule has 0 amide bonds. The van der Waals surface area contributed by atoms with Crippen LogP contribution in [0.15, 0.2) is 17.5 Å². The lowest BCUT2D eigenvalue weighted by molar-refractivity contribution is 0.233. The van der Waals surface area contributed by atoms with Crippen LogP contribution in [0, 0.1) is 0 Å². The molecule has 0 aliphatic carbocycles. The first-order chi connectivity index (χ1) is 7.36. The molecule has 1 atom stereocenters. The van der Waals surface area contributed by atoms with E-state index in [0.29, 0.717) is 0 Å². The van der Waals surface area contributed by atoms with Crippen molar-refractivity contribution in [3.05, 3.63) is 22.4 Å². The van der Waals surface area contributed by atoms with Crippen molar-refractivity contribution in [1.29, 1.82) is 0 Å². The van der Waals surface area contributed by atoms with Crippen LogP contribution in [0.1, 0.15) is 17.3 Å². The third kappa shape index (κ3) is 3.28. The summed E-state index contributed by atoms with van der Waals surface area (Å²) in [4.78, 5) is 3.80. The number of nitrogens with zero attached hydrogens (tertiary/aromatic N) is 1. The highest BCUT2D eigenvalue weighted by atomic mass is 32.1. The molecule has 0 spiro atoms. The smallest absolute Gasteiger partial charge is 0.0401 e. The lowest BCUT2D eigenvalue weighted by Crippen LogP contribution is -2.44. The van der Waals surface area contributed by atoms with Crippen LogP contribution >= 0.6 is 11.3 Å². The highest BCUT2D eigenvalue weighted by molar-refractivity contribution is 7.10. The first-order valence-electron chi connectivity index (χ1n) is 5.58. The maximum absolute atomic E-state index is 6.12. The van der Waals surface area contributed by atoms with Gasteiger partial charge in [-0.1, -0.05) is 6.07 Å². The standard InChI is InChI=1S/C11H19N3S/c12-10(11-2-1-9-15-11)3-6-14-7-4-13-5-8-14/h1-2,9-10,13H,3-8,12H2. The summed E-state index contributed by atoms with van der Waals surface area (Å²) >= 11 is 1.76. The molecule has 4 heteroatoms. The number of nitrogens with two attached hydrogens (primary N) is 1. The van der Waals surface area contributed by atoms with Gasteiger partial charge < -0.3 is 16.0 Å². The van der Waals surface area contributed by atoms with Crippen LogP contribution in [0.5, 0.6) is 0 Å². The van der Waals surface area contributed by atoms with Gasteiger partial charge in [-0.2, -0.15) is 0 Å². The van der Waals surface area contributed by atoms with E-state index >= 15 is 0 Å².